The highest BCUT2D eigenvalue weighted by molar-refractivity contribution is 8.00. The van der Waals surface area contributed by atoms with Gasteiger partial charge >= 0.3 is 19.8 Å². The van der Waals surface area contributed by atoms with E-state index in [-0.39, 0.29) is 50.8 Å². The maximum Gasteiger partial charge on any atom is 0.475 e. The fourth-order valence-corrected chi connectivity index (χ4v) is 5.12. The molecule has 184 valence electrons. The fourth-order valence-electron chi connectivity index (χ4n) is 2.58. The molecule has 0 bridgehead atoms. The number of carbonyl (C=O) groups excluding carboxylic acids is 3. The molecule has 1 fully saturated rings. The second kappa shape index (κ2) is 13.1. The number of aliphatic carboxylic acids is 1. The van der Waals surface area contributed by atoms with E-state index < -0.39 is 42.4 Å². The van der Waals surface area contributed by atoms with E-state index in [0.29, 0.717) is 0 Å². The smallest absolute Gasteiger partial charge is 0.475 e. The van der Waals surface area contributed by atoms with Crippen molar-refractivity contribution in [3.05, 3.63) is 0 Å². The number of phosphoric acid groups is 1. The van der Waals surface area contributed by atoms with E-state index in [2.05, 4.69) is 15.4 Å². The van der Waals surface area contributed by atoms with Gasteiger partial charge in [0.05, 0.1) is 26.7 Å². The van der Waals surface area contributed by atoms with E-state index in [1.54, 1.807) is 20.8 Å². The van der Waals surface area contributed by atoms with E-state index in [1.165, 1.54) is 7.11 Å². The van der Waals surface area contributed by atoms with Gasteiger partial charge in [-0.1, -0.05) is 13.8 Å². The topological polar surface area (TPSA) is 167 Å². The summed E-state index contributed by atoms with van der Waals surface area (Å²) in [5.41, 5.74) is -0.751. The molecule has 12 nitrogen and oxygen atoms in total. The summed E-state index contributed by atoms with van der Waals surface area (Å²) in [4.78, 5) is 46.8. The van der Waals surface area contributed by atoms with Crippen molar-refractivity contribution in [1.29, 1.82) is 0 Å². The molecule has 1 aliphatic rings. The van der Waals surface area contributed by atoms with Crippen LogP contribution in [0.3, 0.4) is 0 Å². The van der Waals surface area contributed by atoms with Gasteiger partial charge in [-0.05, 0) is 6.92 Å². The highest BCUT2D eigenvalue weighted by Gasteiger charge is 2.48. The van der Waals surface area contributed by atoms with Gasteiger partial charge < -0.3 is 20.5 Å². The Morgan fingerprint density at radius 1 is 1.25 bits per heavy atom. The first-order chi connectivity index (χ1) is 14.9. The molecule has 2 unspecified atom stereocenters. The van der Waals surface area contributed by atoms with Crippen LogP contribution in [0.2, 0.25) is 0 Å². The quantitative estimate of drug-likeness (QED) is 0.188. The number of ether oxygens (including phenoxy) is 1. The molecule has 1 aliphatic heterocycles. The molecule has 0 radical (unpaired) electrons. The molecular weight excluding hydrogens is 467 g/mol. The Balaban J connectivity index is 2.37. The van der Waals surface area contributed by atoms with Crippen LogP contribution in [0.5, 0.6) is 0 Å². The Bertz CT molecular complexity index is 733. The maximum atomic E-state index is 12.5. The number of thioether (sulfide) groups is 1. The zero-order valence-electron chi connectivity index (χ0n) is 18.6. The molecule has 0 saturated carbocycles. The van der Waals surface area contributed by atoms with Crippen LogP contribution >= 0.6 is 19.6 Å². The van der Waals surface area contributed by atoms with Crippen molar-refractivity contribution in [3.8, 4) is 0 Å². The van der Waals surface area contributed by atoms with Gasteiger partial charge in [0, 0.05) is 30.7 Å². The van der Waals surface area contributed by atoms with Crippen molar-refractivity contribution in [2.45, 2.75) is 45.0 Å². The molecular formula is C18H31N2O10PS. The van der Waals surface area contributed by atoms with E-state index in [4.69, 9.17) is 18.7 Å². The number of carboxylic acid groups (broad SMARTS) is 1. The number of methoxy groups -OCH3 is 1. The van der Waals surface area contributed by atoms with Gasteiger partial charge in [0.1, 0.15) is 5.25 Å². The Labute approximate surface area is 191 Å². The van der Waals surface area contributed by atoms with Gasteiger partial charge in [0.25, 0.3) is 0 Å². The summed E-state index contributed by atoms with van der Waals surface area (Å²) >= 11 is 1.01. The molecule has 1 rings (SSSR count). The standard InChI is InChI=1S/C18H31N2O10PS/c1-5-28-31(26)29-11-18(2,3)15(30-31)16(23)20-7-6-13(21)19-8-9-32-12(17(24)25)10-14(22)27-4/h12,15H,5-11H2,1-4H3,(H,19,21)(H,20,23)(H,24,25)/t12?,15-,31?/m0/s1. The van der Waals surface area contributed by atoms with Crippen LogP contribution in [0.4, 0.5) is 0 Å². The molecule has 0 aromatic rings. The van der Waals surface area contributed by atoms with Crippen molar-refractivity contribution in [1.82, 2.24) is 10.6 Å². The summed E-state index contributed by atoms with van der Waals surface area (Å²) in [5.74, 6) is -2.37. The van der Waals surface area contributed by atoms with Gasteiger partial charge in [0.2, 0.25) is 11.8 Å². The average molecular weight is 498 g/mol. The Kier molecular flexibility index (Phi) is 11.7. The van der Waals surface area contributed by atoms with Crippen LogP contribution in [0, 0.1) is 5.41 Å². The lowest BCUT2D eigenvalue weighted by atomic mass is 9.87. The van der Waals surface area contributed by atoms with Gasteiger partial charge in [-0.2, -0.15) is 0 Å². The molecule has 32 heavy (non-hydrogen) atoms. The summed E-state index contributed by atoms with van der Waals surface area (Å²) in [6, 6.07) is 0. The van der Waals surface area contributed by atoms with E-state index in [1.807, 2.05) is 0 Å². The first-order valence-electron chi connectivity index (χ1n) is 9.97. The molecule has 0 spiro atoms. The lowest BCUT2D eigenvalue weighted by Crippen LogP contribution is -2.50. The number of phosphoric ester groups is 1. The zero-order chi connectivity index (χ0) is 24.4. The number of hydrogen-bond acceptors (Lipinski definition) is 10. The highest BCUT2D eigenvalue weighted by atomic mass is 32.2. The largest absolute Gasteiger partial charge is 0.480 e. The normalized spacial score (nSPS) is 23.1. The second-order valence-corrected chi connectivity index (χ2v) is 10.4. The van der Waals surface area contributed by atoms with Crippen LogP contribution in [0.1, 0.15) is 33.6 Å². The fraction of sp³-hybridized carbons (Fsp3) is 0.778. The zero-order valence-corrected chi connectivity index (χ0v) is 20.3. The lowest BCUT2D eigenvalue weighted by Gasteiger charge is -2.39. The number of carboxylic acids is 1. The summed E-state index contributed by atoms with van der Waals surface area (Å²) in [6.07, 6.45) is -1.36. The minimum absolute atomic E-state index is 0.00777. The molecule has 1 saturated heterocycles. The number of rotatable bonds is 13. The van der Waals surface area contributed by atoms with Crippen molar-refractivity contribution in [2.24, 2.45) is 5.41 Å². The summed E-state index contributed by atoms with van der Waals surface area (Å²) in [5, 5.41) is 13.3. The summed E-state index contributed by atoms with van der Waals surface area (Å²) in [7, 11) is -2.63. The molecule has 2 amide bonds. The van der Waals surface area contributed by atoms with Crippen LogP contribution in [-0.2, 0) is 42.1 Å². The number of hydrogen-bond donors (Lipinski definition) is 3. The average Bonchev–Trinajstić information content (AvgIpc) is 2.72. The first-order valence-corrected chi connectivity index (χ1v) is 12.5. The van der Waals surface area contributed by atoms with E-state index in [9.17, 15) is 23.7 Å². The minimum atomic E-state index is -3.81. The van der Waals surface area contributed by atoms with Gasteiger partial charge in [-0.3, -0.25) is 32.7 Å². The maximum absolute atomic E-state index is 12.5. The highest BCUT2D eigenvalue weighted by Crippen LogP contribution is 2.57. The van der Waals surface area contributed by atoms with Crippen molar-refractivity contribution < 1.29 is 47.2 Å². The number of carbonyl (C=O) groups is 4. The van der Waals surface area contributed by atoms with Crippen LogP contribution < -0.4 is 10.6 Å². The van der Waals surface area contributed by atoms with Crippen molar-refractivity contribution >= 4 is 43.3 Å². The molecule has 3 N–H and O–H groups in total. The Hall–Kier alpha value is -1.66. The Morgan fingerprint density at radius 3 is 2.53 bits per heavy atom. The number of amides is 2. The monoisotopic (exact) mass is 498 g/mol. The SMILES string of the molecule is CCOP1(=O)OCC(C)(C)[C@H](C(=O)NCCC(=O)NCCSC(CC(=O)OC)C(=O)O)O1. The molecule has 1 heterocycles. The van der Waals surface area contributed by atoms with E-state index in [0.717, 1.165) is 11.8 Å². The van der Waals surface area contributed by atoms with E-state index >= 15 is 0 Å². The van der Waals surface area contributed by atoms with Crippen molar-refractivity contribution in [3.63, 3.8) is 0 Å². The number of esters is 1. The molecule has 0 aromatic carbocycles. The summed E-state index contributed by atoms with van der Waals surface area (Å²) < 4.78 is 32.3. The number of nitrogens with one attached hydrogen (secondary N) is 2. The molecule has 0 aliphatic carbocycles. The Morgan fingerprint density at radius 2 is 1.94 bits per heavy atom. The first kappa shape index (κ1) is 28.4. The molecule has 14 heteroatoms. The van der Waals surface area contributed by atoms with Gasteiger partial charge in [0.15, 0.2) is 6.10 Å². The van der Waals surface area contributed by atoms with Crippen LogP contribution in [0.25, 0.3) is 0 Å². The molecule has 3 atom stereocenters. The predicted molar refractivity (Wildman–Crippen MR) is 115 cm³/mol. The lowest BCUT2D eigenvalue weighted by molar-refractivity contribution is -0.145. The second-order valence-electron chi connectivity index (χ2n) is 7.48. The van der Waals surface area contributed by atoms with Crippen LogP contribution in [-0.4, -0.2) is 79.4 Å². The predicted octanol–water partition coefficient (Wildman–Crippen LogP) is 0.945. The third-order valence-corrected chi connectivity index (χ3v) is 7.01. The third kappa shape index (κ3) is 9.45. The summed E-state index contributed by atoms with van der Waals surface area (Å²) in [6.45, 7) is 5.39. The van der Waals surface area contributed by atoms with Gasteiger partial charge in [-0.15, -0.1) is 11.8 Å². The minimum Gasteiger partial charge on any atom is -0.480 e. The third-order valence-electron chi connectivity index (χ3n) is 4.31. The van der Waals surface area contributed by atoms with Gasteiger partial charge in [-0.25, -0.2) is 4.57 Å². The molecule has 0 aromatic heterocycles. The van der Waals surface area contributed by atoms with Crippen molar-refractivity contribution in [2.75, 3.05) is 39.2 Å². The van der Waals surface area contributed by atoms with Crippen LogP contribution in [0.15, 0.2) is 0 Å².